The van der Waals surface area contributed by atoms with Crippen LogP contribution in [0.3, 0.4) is 0 Å². The fraction of sp³-hybridized carbons (Fsp3) is 0.375. The highest BCUT2D eigenvalue weighted by Crippen LogP contribution is 2.44. The van der Waals surface area contributed by atoms with Gasteiger partial charge in [-0.2, -0.15) is 0 Å². The molecule has 1 aliphatic carbocycles. The third kappa shape index (κ3) is 5.08. The second-order valence-corrected chi connectivity index (χ2v) is 8.87. The predicted octanol–water partition coefficient (Wildman–Crippen LogP) is 2.50. The lowest BCUT2D eigenvalue weighted by Gasteiger charge is -2.30. The Morgan fingerprint density at radius 1 is 1.00 bits per heavy atom. The number of carbonyl (C=O) groups is 3. The molecule has 0 aromatic heterocycles. The second-order valence-electron chi connectivity index (χ2n) is 8.87. The maximum atomic E-state index is 12.6. The first-order chi connectivity index (χ1) is 15.1. The number of fused-ring (bicyclic) bond motifs is 3. The highest BCUT2D eigenvalue weighted by atomic mass is 16.5. The smallest absolute Gasteiger partial charge is 0.407 e. The maximum Gasteiger partial charge on any atom is 0.407 e. The van der Waals surface area contributed by atoms with E-state index in [0.29, 0.717) is 0 Å². The number of aliphatic hydroxyl groups excluding tert-OH is 1. The number of aliphatic hydroxyl groups is 1. The summed E-state index contributed by atoms with van der Waals surface area (Å²) in [5.41, 5.74) is 3.70. The average Bonchev–Trinajstić information content (AvgIpc) is 3.07. The van der Waals surface area contributed by atoms with Gasteiger partial charge in [0.05, 0.1) is 6.54 Å². The van der Waals surface area contributed by atoms with E-state index < -0.39 is 42.1 Å². The molecule has 0 fully saturated rings. The molecule has 8 nitrogen and oxygen atoms in total. The monoisotopic (exact) mass is 440 g/mol. The molecular formula is C24H28N2O6. The molecule has 1 aliphatic rings. The third-order valence-electron chi connectivity index (χ3n) is 5.49. The van der Waals surface area contributed by atoms with Gasteiger partial charge in [0.1, 0.15) is 12.6 Å². The molecule has 2 aromatic rings. The summed E-state index contributed by atoms with van der Waals surface area (Å²) in [5, 5.41) is 23.1. The quantitative estimate of drug-likeness (QED) is 0.524. The summed E-state index contributed by atoms with van der Waals surface area (Å²) in [7, 11) is 0. The normalized spacial score (nSPS) is 14.6. The number of alkyl carbamates (subject to hydrolysis) is 1. The Morgan fingerprint density at radius 2 is 1.53 bits per heavy atom. The van der Waals surface area contributed by atoms with Gasteiger partial charge in [-0.05, 0) is 27.7 Å². The fourth-order valence-electron chi connectivity index (χ4n) is 3.82. The number of hydrogen-bond donors (Lipinski definition) is 4. The molecule has 2 atom stereocenters. The molecule has 8 heteroatoms. The Hall–Kier alpha value is -3.39. The van der Waals surface area contributed by atoms with Gasteiger partial charge in [-0.1, -0.05) is 69.3 Å². The maximum absolute atomic E-state index is 12.6. The number of benzene rings is 2. The van der Waals surface area contributed by atoms with Gasteiger partial charge in [0.15, 0.2) is 6.10 Å². The van der Waals surface area contributed by atoms with Crippen LogP contribution >= 0.6 is 0 Å². The highest BCUT2D eigenvalue weighted by Gasteiger charge is 2.35. The summed E-state index contributed by atoms with van der Waals surface area (Å²) in [6, 6.07) is 15.0. The largest absolute Gasteiger partial charge is 0.479 e. The van der Waals surface area contributed by atoms with Crippen molar-refractivity contribution < 1.29 is 29.3 Å². The van der Waals surface area contributed by atoms with Crippen molar-refractivity contribution in [2.24, 2.45) is 5.41 Å². The first-order valence-corrected chi connectivity index (χ1v) is 10.4. The summed E-state index contributed by atoms with van der Waals surface area (Å²) in [5.74, 6) is -2.16. The van der Waals surface area contributed by atoms with E-state index in [2.05, 4.69) is 10.6 Å². The van der Waals surface area contributed by atoms with Gasteiger partial charge < -0.3 is 25.6 Å². The number of nitrogens with one attached hydrogen (secondary N) is 2. The zero-order chi connectivity index (χ0) is 23.5. The van der Waals surface area contributed by atoms with Crippen LogP contribution < -0.4 is 10.6 Å². The Labute approximate surface area is 186 Å². The predicted molar refractivity (Wildman–Crippen MR) is 118 cm³/mol. The van der Waals surface area contributed by atoms with E-state index in [4.69, 9.17) is 9.84 Å². The summed E-state index contributed by atoms with van der Waals surface area (Å²) in [6.45, 7) is 4.92. The summed E-state index contributed by atoms with van der Waals surface area (Å²) >= 11 is 0. The van der Waals surface area contributed by atoms with Crippen LogP contribution in [0.25, 0.3) is 11.1 Å². The topological polar surface area (TPSA) is 125 Å². The van der Waals surface area contributed by atoms with E-state index in [1.165, 1.54) is 0 Å². The average molecular weight is 440 g/mol. The zero-order valence-corrected chi connectivity index (χ0v) is 18.3. The molecule has 4 N–H and O–H groups in total. The summed E-state index contributed by atoms with van der Waals surface area (Å²) < 4.78 is 5.51. The van der Waals surface area contributed by atoms with Gasteiger partial charge in [0.25, 0.3) is 0 Å². The van der Waals surface area contributed by atoms with Crippen molar-refractivity contribution >= 4 is 18.0 Å². The summed E-state index contributed by atoms with van der Waals surface area (Å²) in [4.78, 5) is 35.9. The van der Waals surface area contributed by atoms with Crippen molar-refractivity contribution in [3.8, 4) is 11.1 Å². The van der Waals surface area contributed by atoms with E-state index in [0.717, 1.165) is 22.3 Å². The molecule has 0 radical (unpaired) electrons. The van der Waals surface area contributed by atoms with E-state index in [9.17, 15) is 19.5 Å². The van der Waals surface area contributed by atoms with Crippen LogP contribution in [0.5, 0.6) is 0 Å². The number of hydrogen-bond acceptors (Lipinski definition) is 5. The molecule has 0 saturated carbocycles. The number of ether oxygens (including phenoxy) is 1. The van der Waals surface area contributed by atoms with E-state index in [-0.39, 0.29) is 12.5 Å². The standard InChI is InChI=1S/C24H28N2O6/c1-24(2,3)20(21(28)25-12-19(27)22(29)30)26-23(31)32-13-18-16-10-6-4-8-14(16)15-9-5-7-11-17(15)18/h4-11,18-20,27H,12-13H2,1-3H3,(H,25,28)(H,26,31)(H,29,30)/t19-,20+/m0/s1. The molecule has 0 spiro atoms. The highest BCUT2D eigenvalue weighted by molar-refractivity contribution is 5.87. The third-order valence-corrected chi connectivity index (χ3v) is 5.49. The Kier molecular flexibility index (Phi) is 6.84. The molecule has 2 aromatic carbocycles. The number of carbonyl (C=O) groups excluding carboxylic acids is 2. The molecule has 170 valence electrons. The second kappa shape index (κ2) is 9.40. The number of rotatable bonds is 7. The van der Waals surface area contributed by atoms with Crippen molar-refractivity contribution in [3.05, 3.63) is 59.7 Å². The first-order valence-electron chi connectivity index (χ1n) is 10.4. The zero-order valence-electron chi connectivity index (χ0n) is 18.3. The minimum Gasteiger partial charge on any atom is -0.479 e. The van der Waals surface area contributed by atoms with Gasteiger partial charge in [-0.15, -0.1) is 0 Å². The van der Waals surface area contributed by atoms with Crippen molar-refractivity contribution in [2.45, 2.75) is 38.8 Å². The number of carboxylic acids is 1. The van der Waals surface area contributed by atoms with Crippen LogP contribution in [0, 0.1) is 5.41 Å². The van der Waals surface area contributed by atoms with Crippen LogP contribution in [-0.2, 0) is 14.3 Å². The van der Waals surface area contributed by atoms with Gasteiger partial charge in [0.2, 0.25) is 5.91 Å². The lowest BCUT2D eigenvalue weighted by Crippen LogP contribution is -2.55. The van der Waals surface area contributed by atoms with E-state index in [1.54, 1.807) is 20.8 Å². The van der Waals surface area contributed by atoms with Crippen LogP contribution in [0.15, 0.2) is 48.5 Å². The molecule has 32 heavy (non-hydrogen) atoms. The number of carboxylic acid groups (broad SMARTS) is 1. The van der Waals surface area contributed by atoms with Crippen LogP contribution in [0.2, 0.25) is 0 Å². The molecule has 0 saturated heterocycles. The minimum absolute atomic E-state index is 0.107. The molecule has 3 rings (SSSR count). The Balaban J connectivity index is 1.66. The Morgan fingerprint density at radius 3 is 2.03 bits per heavy atom. The molecule has 0 unspecified atom stereocenters. The number of aliphatic carboxylic acids is 1. The van der Waals surface area contributed by atoms with Gasteiger partial charge in [0, 0.05) is 5.92 Å². The molecule has 0 bridgehead atoms. The first kappa shape index (κ1) is 23.3. The number of amides is 2. The molecule has 0 heterocycles. The van der Waals surface area contributed by atoms with Crippen LogP contribution in [0.1, 0.15) is 37.8 Å². The molecule has 0 aliphatic heterocycles. The van der Waals surface area contributed by atoms with Crippen molar-refractivity contribution in [3.63, 3.8) is 0 Å². The van der Waals surface area contributed by atoms with E-state index >= 15 is 0 Å². The van der Waals surface area contributed by atoms with Crippen molar-refractivity contribution in [1.29, 1.82) is 0 Å². The molecule has 2 amide bonds. The lowest BCUT2D eigenvalue weighted by atomic mass is 9.86. The van der Waals surface area contributed by atoms with E-state index in [1.807, 2.05) is 48.5 Å². The van der Waals surface area contributed by atoms with Gasteiger partial charge in [-0.3, -0.25) is 4.79 Å². The van der Waals surface area contributed by atoms with Crippen LogP contribution in [0.4, 0.5) is 4.79 Å². The molecular weight excluding hydrogens is 412 g/mol. The van der Waals surface area contributed by atoms with Crippen molar-refractivity contribution in [1.82, 2.24) is 10.6 Å². The van der Waals surface area contributed by atoms with Crippen LogP contribution in [-0.4, -0.2) is 53.5 Å². The van der Waals surface area contributed by atoms with Gasteiger partial charge in [-0.25, -0.2) is 9.59 Å². The van der Waals surface area contributed by atoms with Gasteiger partial charge >= 0.3 is 12.1 Å². The minimum atomic E-state index is -1.73. The summed E-state index contributed by atoms with van der Waals surface area (Å²) in [6.07, 6.45) is -2.48. The SMILES string of the molecule is CC(C)(C)[C@H](NC(=O)OCC1c2ccccc2-c2ccccc21)C(=O)NC[C@H](O)C(=O)O. The van der Waals surface area contributed by atoms with Crippen molar-refractivity contribution in [2.75, 3.05) is 13.2 Å². The fourth-order valence-corrected chi connectivity index (χ4v) is 3.82. The Bertz CT molecular complexity index is 968. The lowest BCUT2D eigenvalue weighted by molar-refractivity contribution is -0.146.